The Morgan fingerprint density at radius 3 is 2.28 bits per heavy atom. The Hall–Kier alpha value is -4.27. The summed E-state index contributed by atoms with van der Waals surface area (Å²) in [6, 6.07) is 7.73. The fourth-order valence-electron chi connectivity index (χ4n) is 7.60. The van der Waals surface area contributed by atoms with Crippen LogP contribution in [0.15, 0.2) is 53.4 Å². The van der Waals surface area contributed by atoms with E-state index in [9.17, 15) is 37.5 Å². The van der Waals surface area contributed by atoms with Crippen LogP contribution in [0.4, 0.5) is 27.6 Å². The number of ether oxygens (including phenoxy) is 1. The Morgan fingerprint density at radius 2 is 1.64 bits per heavy atom. The van der Waals surface area contributed by atoms with Crippen LogP contribution in [0.1, 0.15) is 23.3 Å². The first-order chi connectivity index (χ1) is 23.7. The molecule has 1 saturated carbocycles. The summed E-state index contributed by atoms with van der Waals surface area (Å²) >= 11 is 15.5. The molecule has 0 spiro atoms. The van der Waals surface area contributed by atoms with Crippen LogP contribution in [0, 0.1) is 52.8 Å². The van der Waals surface area contributed by atoms with E-state index in [0.29, 0.717) is 11.1 Å². The summed E-state index contributed by atoms with van der Waals surface area (Å²) in [6.45, 7) is -0.00664. The SMILES string of the molecule is COc1cc(C=CC2C3=CCC4C(=O)N(Cc5cccs5)C(=O)C4C3CC3(Cl)C(=O)N(c4c(F)c(F)c(F)c(F)c4F)C(=O)C23Cl)ccc1O. The van der Waals surface area contributed by atoms with Gasteiger partial charge in [-0.25, -0.2) is 26.9 Å². The Balaban J connectivity index is 1.38. The second-order valence-corrected chi connectivity index (χ2v) is 14.6. The maximum atomic E-state index is 15.2. The van der Waals surface area contributed by atoms with Gasteiger partial charge in [0.2, 0.25) is 17.6 Å². The van der Waals surface area contributed by atoms with Crippen LogP contribution >= 0.6 is 34.5 Å². The van der Waals surface area contributed by atoms with Crippen molar-refractivity contribution in [2.45, 2.75) is 29.1 Å². The molecule has 6 atom stereocenters. The van der Waals surface area contributed by atoms with Gasteiger partial charge in [-0.15, -0.1) is 34.5 Å². The number of alkyl halides is 2. The van der Waals surface area contributed by atoms with Crippen molar-refractivity contribution < 1.29 is 51.0 Å². The Morgan fingerprint density at radius 1 is 0.960 bits per heavy atom. The van der Waals surface area contributed by atoms with Gasteiger partial charge in [-0.1, -0.05) is 35.9 Å². The summed E-state index contributed by atoms with van der Waals surface area (Å²) < 4.78 is 78.3. The van der Waals surface area contributed by atoms with Crippen LogP contribution in [0.25, 0.3) is 6.08 Å². The number of anilines is 1. The molecule has 2 aliphatic carbocycles. The number of imide groups is 2. The summed E-state index contributed by atoms with van der Waals surface area (Å²) in [5.74, 6) is -20.9. The highest BCUT2D eigenvalue weighted by Crippen LogP contribution is 2.64. The molecule has 2 aliphatic heterocycles. The summed E-state index contributed by atoms with van der Waals surface area (Å²) in [4.78, 5) is 52.4. The lowest BCUT2D eigenvalue weighted by molar-refractivity contribution is -0.141. The number of carbonyl (C=O) groups is 4. The number of methoxy groups -OCH3 is 1. The standard InChI is InChI=1S/C34H23Cl2F5N2O6S/c1-49-21-11-14(5-9-20(21)44)4-8-19-16-6-7-17-22(30(46)42(29(17)45)13-15-3-2-10-50-15)18(16)12-33(35)31(47)43(32(48)34(19,33)36)28-26(40)24(38)23(37)25(39)27(28)41/h2-6,8-11,17-19,22,44H,7,12-13H2,1H3. The van der Waals surface area contributed by atoms with Crippen LogP contribution < -0.4 is 9.64 Å². The Bertz CT molecular complexity index is 2050. The Labute approximate surface area is 294 Å². The van der Waals surface area contributed by atoms with E-state index < -0.39 is 98.2 Å². The number of aromatic hydroxyl groups is 1. The number of carbonyl (C=O) groups excluding carboxylic acids is 4. The third-order valence-corrected chi connectivity index (χ3v) is 12.2. The maximum Gasteiger partial charge on any atom is 0.258 e. The molecular weight excluding hydrogens is 730 g/mol. The van der Waals surface area contributed by atoms with Crippen LogP contribution in [-0.4, -0.2) is 50.5 Å². The number of rotatable bonds is 6. The third kappa shape index (κ3) is 4.60. The van der Waals surface area contributed by atoms with Crippen LogP contribution in [-0.2, 0) is 25.7 Å². The second kappa shape index (κ2) is 11.9. The summed E-state index contributed by atoms with van der Waals surface area (Å²) in [6.07, 6.45) is 3.85. The number of amides is 4. The predicted octanol–water partition coefficient (Wildman–Crippen LogP) is 6.47. The number of allylic oxidation sites excluding steroid dienone is 3. The lowest BCUT2D eigenvalue weighted by Gasteiger charge is -2.49. The number of thiophene rings is 1. The number of halogens is 7. The first-order valence-corrected chi connectivity index (χ1v) is 16.7. The molecular formula is C34H23Cl2F5N2O6S. The van der Waals surface area contributed by atoms with Crippen LogP contribution in [0.3, 0.4) is 0 Å². The van der Waals surface area contributed by atoms with Crippen molar-refractivity contribution in [3.63, 3.8) is 0 Å². The number of fused-ring (bicyclic) bond motifs is 4. The predicted molar refractivity (Wildman–Crippen MR) is 171 cm³/mol. The maximum absolute atomic E-state index is 15.2. The molecule has 0 radical (unpaired) electrons. The number of nitrogens with zero attached hydrogens (tertiary/aromatic N) is 2. The van der Waals surface area contributed by atoms with Crippen molar-refractivity contribution >= 4 is 69.9 Å². The number of phenolic OH excluding ortho intramolecular Hbond substituents is 1. The second-order valence-electron chi connectivity index (χ2n) is 12.4. The number of likely N-dealkylation sites (tertiary alicyclic amines) is 1. The van der Waals surface area contributed by atoms with E-state index in [1.54, 1.807) is 23.6 Å². The molecule has 2 saturated heterocycles. The van der Waals surface area contributed by atoms with Gasteiger partial charge in [0.25, 0.3) is 11.8 Å². The molecule has 0 bridgehead atoms. The van der Waals surface area contributed by atoms with Crippen molar-refractivity contribution in [1.29, 1.82) is 0 Å². The third-order valence-electron chi connectivity index (χ3n) is 9.95. The van der Waals surface area contributed by atoms with E-state index >= 15 is 8.78 Å². The fraction of sp³-hybridized carbons (Fsp3) is 0.294. The zero-order chi connectivity index (χ0) is 36.0. The molecule has 3 fully saturated rings. The molecule has 8 nitrogen and oxygen atoms in total. The lowest BCUT2D eigenvalue weighted by Crippen LogP contribution is -2.60. The summed E-state index contributed by atoms with van der Waals surface area (Å²) in [5, 5.41) is 11.8. The molecule has 1 N–H and O–H groups in total. The number of hydrogen-bond acceptors (Lipinski definition) is 7. The van der Waals surface area contributed by atoms with Crippen molar-refractivity contribution in [2.24, 2.45) is 23.7 Å². The highest BCUT2D eigenvalue weighted by Gasteiger charge is 2.76. The van der Waals surface area contributed by atoms with Crippen LogP contribution in [0.2, 0.25) is 0 Å². The first kappa shape index (κ1) is 34.2. The highest BCUT2D eigenvalue weighted by molar-refractivity contribution is 7.09. The van der Waals surface area contributed by atoms with E-state index in [0.717, 1.165) is 9.78 Å². The molecule has 4 amide bonds. The van der Waals surface area contributed by atoms with Crippen LogP contribution in [0.5, 0.6) is 11.5 Å². The molecule has 3 aromatic rings. The van der Waals surface area contributed by atoms with Gasteiger partial charge < -0.3 is 9.84 Å². The van der Waals surface area contributed by atoms with E-state index in [1.165, 1.54) is 48.8 Å². The number of hydrogen-bond donors (Lipinski definition) is 1. The smallest absolute Gasteiger partial charge is 0.258 e. The molecule has 260 valence electrons. The highest BCUT2D eigenvalue weighted by atomic mass is 35.5. The number of benzene rings is 2. The molecule has 3 heterocycles. The minimum atomic E-state index is -2.62. The average molecular weight is 754 g/mol. The summed E-state index contributed by atoms with van der Waals surface area (Å²) in [7, 11) is 1.31. The number of phenols is 1. The molecule has 50 heavy (non-hydrogen) atoms. The van der Waals surface area contributed by atoms with Gasteiger partial charge in [0.1, 0.15) is 5.69 Å². The van der Waals surface area contributed by atoms with Crippen molar-refractivity contribution in [1.82, 2.24) is 4.90 Å². The van der Waals surface area contributed by atoms with Gasteiger partial charge in [0.05, 0.1) is 25.5 Å². The lowest BCUT2D eigenvalue weighted by atomic mass is 9.57. The average Bonchev–Trinajstić information content (AvgIpc) is 3.74. The van der Waals surface area contributed by atoms with Gasteiger partial charge in [-0.2, -0.15) is 0 Å². The molecule has 2 aromatic carbocycles. The van der Waals surface area contributed by atoms with Crippen molar-refractivity contribution in [2.75, 3.05) is 12.0 Å². The molecule has 6 unspecified atom stereocenters. The first-order valence-electron chi connectivity index (χ1n) is 15.1. The quantitative estimate of drug-likeness (QED) is 0.0774. The van der Waals surface area contributed by atoms with Crippen molar-refractivity contribution in [3.8, 4) is 11.5 Å². The van der Waals surface area contributed by atoms with Gasteiger partial charge >= 0.3 is 0 Å². The molecule has 4 aliphatic rings. The van der Waals surface area contributed by atoms with E-state index in [4.69, 9.17) is 27.9 Å². The monoisotopic (exact) mass is 752 g/mol. The molecule has 7 rings (SSSR count). The minimum absolute atomic E-state index is 0.00664. The van der Waals surface area contributed by atoms with Gasteiger partial charge in [-0.3, -0.25) is 24.1 Å². The van der Waals surface area contributed by atoms with E-state index in [2.05, 4.69) is 0 Å². The molecule has 1 aromatic heterocycles. The van der Waals surface area contributed by atoms with Gasteiger partial charge in [0, 0.05) is 10.8 Å². The zero-order valence-electron chi connectivity index (χ0n) is 25.6. The van der Waals surface area contributed by atoms with Gasteiger partial charge in [-0.05, 0) is 47.9 Å². The summed E-state index contributed by atoms with van der Waals surface area (Å²) in [5.41, 5.74) is -1.14. The van der Waals surface area contributed by atoms with E-state index in [-0.39, 0.29) is 29.4 Å². The van der Waals surface area contributed by atoms with Gasteiger partial charge in [0.15, 0.2) is 44.5 Å². The largest absolute Gasteiger partial charge is 0.504 e. The van der Waals surface area contributed by atoms with E-state index in [1.807, 2.05) is 0 Å². The minimum Gasteiger partial charge on any atom is -0.504 e. The fourth-order valence-corrected chi connectivity index (χ4v) is 9.18. The normalized spacial score (nSPS) is 29.1. The Kier molecular flexibility index (Phi) is 8.15. The zero-order valence-corrected chi connectivity index (χ0v) is 27.9. The van der Waals surface area contributed by atoms with Crippen molar-refractivity contribution in [3.05, 3.63) is 93.0 Å². The topological polar surface area (TPSA) is 104 Å². The molecule has 16 heteroatoms.